The van der Waals surface area contributed by atoms with E-state index >= 15 is 0 Å². The van der Waals surface area contributed by atoms with Crippen LogP contribution >= 0.6 is 0 Å². The second-order valence-electron chi connectivity index (χ2n) is 5.07. The number of methoxy groups -OCH3 is 1. The van der Waals surface area contributed by atoms with Crippen molar-refractivity contribution in [2.75, 3.05) is 35.6 Å². The van der Waals surface area contributed by atoms with Gasteiger partial charge >= 0.3 is 0 Å². The molecule has 0 unspecified atom stereocenters. The van der Waals surface area contributed by atoms with Gasteiger partial charge in [0.2, 0.25) is 15.9 Å². The molecule has 0 bridgehead atoms. The molecule has 1 saturated heterocycles. The lowest BCUT2D eigenvalue weighted by Crippen LogP contribution is -2.25. The van der Waals surface area contributed by atoms with Crippen LogP contribution in [-0.4, -0.2) is 40.3 Å². The van der Waals surface area contributed by atoms with Crippen molar-refractivity contribution in [1.29, 1.82) is 0 Å². The molecule has 0 aliphatic carbocycles. The van der Waals surface area contributed by atoms with Crippen molar-refractivity contribution in [3.63, 3.8) is 0 Å². The normalized spacial score (nSPS) is 16.5. The first-order chi connectivity index (χ1) is 10.5. The monoisotopic (exact) mass is 327 g/mol. The maximum Gasteiger partial charge on any atom is 0.235 e. The number of hydrogen-bond acceptors (Lipinski definition) is 5. The Labute approximate surface area is 130 Å². The van der Waals surface area contributed by atoms with E-state index in [1.165, 1.54) is 11.4 Å². The summed E-state index contributed by atoms with van der Waals surface area (Å²) in [6.45, 7) is 0.906. The Morgan fingerprint density at radius 2 is 2.23 bits per heavy atom. The van der Waals surface area contributed by atoms with E-state index in [1.807, 2.05) is 0 Å². The van der Waals surface area contributed by atoms with Crippen molar-refractivity contribution in [1.82, 2.24) is 0 Å². The number of nitrogens with zero attached hydrogens (tertiary/aromatic N) is 1. The first kappa shape index (κ1) is 16.6. The Morgan fingerprint density at radius 1 is 1.45 bits per heavy atom. The predicted molar refractivity (Wildman–Crippen MR) is 85.7 cm³/mol. The molecule has 0 aromatic heterocycles. The largest absolute Gasteiger partial charge is 0.494 e. The zero-order valence-corrected chi connectivity index (χ0v) is 13.4. The van der Waals surface area contributed by atoms with E-state index < -0.39 is 10.0 Å². The number of hydrogen-bond donors (Lipinski definition) is 2. The number of benzene rings is 1. The molecule has 8 heteroatoms. The molecule has 0 atom stereocenters. The molecule has 1 amide bonds. The molecule has 7 nitrogen and oxygen atoms in total. The zero-order chi connectivity index (χ0) is 16.2. The molecular weight excluding hydrogens is 306 g/mol. The van der Waals surface area contributed by atoms with Gasteiger partial charge in [-0.1, -0.05) is 0 Å². The molecule has 1 heterocycles. The van der Waals surface area contributed by atoms with Crippen molar-refractivity contribution in [3.05, 3.63) is 18.2 Å². The van der Waals surface area contributed by atoms with Crippen LogP contribution in [0, 0.1) is 0 Å². The topological polar surface area (TPSA) is 102 Å². The molecule has 22 heavy (non-hydrogen) atoms. The fourth-order valence-electron chi connectivity index (χ4n) is 2.36. The summed E-state index contributed by atoms with van der Waals surface area (Å²) in [4.78, 5) is 11.7. The third-order valence-electron chi connectivity index (χ3n) is 3.44. The van der Waals surface area contributed by atoms with E-state index in [4.69, 9.17) is 10.5 Å². The van der Waals surface area contributed by atoms with Crippen LogP contribution in [0.2, 0.25) is 0 Å². The van der Waals surface area contributed by atoms with E-state index in [-0.39, 0.29) is 11.7 Å². The third-order valence-corrected chi connectivity index (χ3v) is 5.29. The zero-order valence-electron chi connectivity index (χ0n) is 12.5. The quantitative estimate of drug-likeness (QED) is 0.809. The standard InChI is InChI=1S/C14H21N3O4S/c1-21-13-10-11(16-14(18)4-2-7-15)5-6-12(13)17-8-3-9-22(17,19)20/h5-6,10H,2-4,7-9,15H2,1H3,(H,16,18). The van der Waals surface area contributed by atoms with Gasteiger partial charge in [0.05, 0.1) is 18.6 Å². The first-order valence-corrected chi connectivity index (χ1v) is 8.77. The molecule has 3 N–H and O–H groups in total. The molecule has 0 saturated carbocycles. The highest BCUT2D eigenvalue weighted by atomic mass is 32.2. The SMILES string of the molecule is COc1cc(NC(=O)CCCN)ccc1N1CCCS1(=O)=O. The number of ether oxygens (including phenoxy) is 1. The number of nitrogens with two attached hydrogens (primary N) is 1. The van der Waals surface area contributed by atoms with Crippen LogP contribution in [0.1, 0.15) is 19.3 Å². The number of carbonyl (C=O) groups excluding carboxylic acids is 1. The molecule has 122 valence electrons. The summed E-state index contributed by atoms with van der Waals surface area (Å²) in [6, 6.07) is 4.95. The molecule has 1 aromatic carbocycles. The van der Waals surface area contributed by atoms with Crippen molar-refractivity contribution in [3.8, 4) is 5.75 Å². The molecular formula is C14H21N3O4S. The Morgan fingerprint density at radius 3 is 2.82 bits per heavy atom. The number of amides is 1. The second kappa shape index (κ2) is 6.97. The lowest BCUT2D eigenvalue weighted by atomic mass is 10.2. The third kappa shape index (κ3) is 3.69. The predicted octanol–water partition coefficient (Wildman–Crippen LogP) is 0.912. The van der Waals surface area contributed by atoms with E-state index in [0.29, 0.717) is 49.5 Å². The minimum absolute atomic E-state index is 0.131. The summed E-state index contributed by atoms with van der Waals surface area (Å²) in [5, 5.41) is 2.75. The molecule has 1 fully saturated rings. The number of nitrogens with one attached hydrogen (secondary N) is 1. The van der Waals surface area contributed by atoms with E-state index in [9.17, 15) is 13.2 Å². The summed E-state index contributed by atoms with van der Waals surface area (Å²) >= 11 is 0. The van der Waals surface area contributed by atoms with Gasteiger partial charge in [0, 0.05) is 24.7 Å². The van der Waals surface area contributed by atoms with Crippen LogP contribution in [0.3, 0.4) is 0 Å². The Kier molecular flexibility index (Phi) is 5.25. The second-order valence-corrected chi connectivity index (χ2v) is 7.08. The van der Waals surface area contributed by atoms with E-state index in [0.717, 1.165) is 0 Å². The lowest BCUT2D eigenvalue weighted by Gasteiger charge is -2.20. The van der Waals surface area contributed by atoms with Crippen LogP contribution in [-0.2, 0) is 14.8 Å². The fourth-order valence-corrected chi connectivity index (χ4v) is 3.93. The number of carbonyl (C=O) groups is 1. The van der Waals surface area contributed by atoms with Crippen LogP contribution < -0.4 is 20.1 Å². The maximum atomic E-state index is 12.0. The number of rotatable bonds is 6. The molecule has 1 aromatic rings. The highest BCUT2D eigenvalue weighted by Crippen LogP contribution is 2.35. The minimum atomic E-state index is -3.27. The van der Waals surface area contributed by atoms with Gasteiger partial charge in [0.1, 0.15) is 5.75 Å². The van der Waals surface area contributed by atoms with Gasteiger partial charge in [-0.2, -0.15) is 0 Å². The Hall–Kier alpha value is -1.80. The van der Waals surface area contributed by atoms with E-state index in [2.05, 4.69) is 5.32 Å². The first-order valence-electron chi connectivity index (χ1n) is 7.16. The van der Waals surface area contributed by atoms with Crippen molar-refractivity contribution in [2.45, 2.75) is 19.3 Å². The molecule has 1 aliphatic heterocycles. The van der Waals surface area contributed by atoms with Gasteiger partial charge in [0.15, 0.2) is 0 Å². The Bertz CT molecular complexity index is 645. The highest BCUT2D eigenvalue weighted by Gasteiger charge is 2.30. The van der Waals surface area contributed by atoms with Gasteiger partial charge < -0.3 is 15.8 Å². The van der Waals surface area contributed by atoms with Gasteiger partial charge in [0.25, 0.3) is 0 Å². The molecule has 0 spiro atoms. The average Bonchev–Trinajstić information content (AvgIpc) is 2.84. The number of anilines is 2. The van der Waals surface area contributed by atoms with E-state index in [1.54, 1.807) is 18.2 Å². The van der Waals surface area contributed by atoms with Crippen molar-refractivity contribution in [2.24, 2.45) is 5.73 Å². The van der Waals surface area contributed by atoms with Crippen molar-refractivity contribution < 1.29 is 17.9 Å². The smallest absolute Gasteiger partial charge is 0.235 e. The van der Waals surface area contributed by atoms with Crippen LogP contribution in [0.15, 0.2) is 18.2 Å². The highest BCUT2D eigenvalue weighted by molar-refractivity contribution is 7.93. The minimum Gasteiger partial charge on any atom is -0.494 e. The molecule has 1 aliphatic rings. The molecule has 0 radical (unpaired) electrons. The van der Waals surface area contributed by atoms with Gasteiger partial charge in [-0.25, -0.2) is 8.42 Å². The average molecular weight is 327 g/mol. The van der Waals surface area contributed by atoms with Crippen molar-refractivity contribution >= 4 is 27.3 Å². The lowest BCUT2D eigenvalue weighted by molar-refractivity contribution is -0.116. The van der Waals surface area contributed by atoms with Gasteiger partial charge in [-0.3, -0.25) is 9.10 Å². The summed E-state index contributed by atoms with van der Waals surface area (Å²) < 4.78 is 30.6. The maximum absolute atomic E-state index is 12.0. The summed E-state index contributed by atoms with van der Waals surface area (Å²) in [5.41, 5.74) is 6.44. The Balaban J connectivity index is 2.19. The van der Waals surface area contributed by atoms with Gasteiger partial charge in [-0.15, -0.1) is 0 Å². The fraction of sp³-hybridized carbons (Fsp3) is 0.500. The number of sulfonamides is 1. The van der Waals surface area contributed by atoms with Gasteiger partial charge in [-0.05, 0) is 31.5 Å². The van der Waals surface area contributed by atoms with Crippen LogP contribution in [0.4, 0.5) is 11.4 Å². The van der Waals surface area contributed by atoms with Crippen LogP contribution in [0.25, 0.3) is 0 Å². The summed E-state index contributed by atoms with van der Waals surface area (Å²) in [5.74, 6) is 0.435. The summed E-state index contributed by atoms with van der Waals surface area (Å²) in [6.07, 6.45) is 1.57. The van der Waals surface area contributed by atoms with Crippen LogP contribution in [0.5, 0.6) is 5.75 Å². The molecule has 2 rings (SSSR count). The summed E-state index contributed by atoms with van der Waals surface area (Å²) in [7, 11) is -1.79.